The van der Waals surface area contributed by atoms with E-state index in [2.05, 4.69) is 10.1 Å². The average Bonchev–Trinajstić information content (AvgIpc) is 2.66. The molecule has 0 radical (unpaired) electrons. The number of nitrogens with one attached hydrogen (secondary N) is 1. The summed E-state index contributed by atoms with van der Waals surface area (Å²) in [6.07, 6.45) is 1.20. The maximum atomic E-state index is 12.3. The fraction of sp³-hybridized carbons (Fsp3) is 0.111. The van der Waals surface area contributed by atoms with E-state index in [1.807, 2.05) is 6.07 Å². The van der Waals surface area contributed by atoms with E-state index in [1.54, 1.807) is 24.3 Å². The average molecular weight is 438 g/mol. The van der Waals surface area contributed by atoms with Crippen LogP contribution < -0.4 is 11.2 Å². The number of H-pyrrole nitrogens is 1. The highest BCUT2D eigenvalue weighted by Gasteiger charge is 2.25. The second-order valence-corrected chi connectivity index (χ2v) is 6.89. The van der Waals surface area contributed by atoms with Gasteiger partial charge in [-0.05, 0) is 29.7 Å². The largest absolute Gasteiger partial charge is 0.504 e. The van der Waals surface area contributed by atoms with Crippen molar-refractivity contribution in [1.29, 1.82) is 5.26 Å². The van der Waals surface area contributed by atoms with Gasteiger partial charge in [-0.1, -0.05) is 46.9 Å². The number of halogens is 3. The van der Waals surface area contributed by atoms with Crippen LogP contribution in [0.3, 0.4) is 0 Å². The fourth-order valence-electron chi connectivity index (χ4n) is 2.72. The highest BCUT2D eigenvalue weighted by molar-refractivity contribution is 6.39. The lowest BCUT2D eigenvalue weighted by Gasteiger charge is -2.19. The van der Waals surface area contributed by atoms with Crippen LogP contribution in [0.4, 0.5) is 0 Å². The Kier molecular flexibility index (Phi) is 5.75. The van der Waals surface area contributed by atoms with E-state index in [0.29, 0.717) is 16.1 Å². The van der Waals surface area contributed by atoms with Gasteiger partial charge in [0.1, 0.15) is 11.9 Å². The third-order valence-corrected chi connectivity index (χ3v) is 5.04. The first kappa shape index (κ1) is 20.0. The lowest BCUT2D eigenvalue weighted by Crippen LogP contribution is -2.30. The van der Waals surface area contributed by atoms with Crippen LogP contribution in [0.5, 0.6) is 5.75 Å². The van der Waals surface area contributed by atoms with Crippen LogP contribution in [0.2, 0.25) is 15.1 Å². The van der Waals surface area contributed by atoms with Gasteiger partial charge in [0.15, 0.2) is 5.75 Å². The zero-order chi connectivity index (χ0) is 20.4. The van der Waals surface area contributed by atoms with Crippen LogP contribution in [0.25, 0.3) is 16.8 Å². The molecule has 0 aliphatic carbocycles. The number of nitrogens with zero attached hydrogens (tertiary/aromatic N) is 3. The van der Waals surface area contributed by atoms with Gasteiger partial charge in [-0.15, -0.1) is 0 Å². The summed E-state index contributed by atoms with van der Waals surface area (Å²) in [5.41, 5.74) is -0.538. The summed E-state index contributed by atoms with van der Waals surface area (Å²) in [6.45, 7) is 0. The molecule has 0 spiro atoms. The molecule has 0 aliphatic rings. The van der Waals surface area contributed by atoms with Crippen molar-refractivity contribution in [2.24, 2.45) is 0 Å². The molecule has 0 atom stereocenters. The predicted molar refractivity (Wildman–Crippen MR) is 107 cm³/mol. The molecular weight excluding hydrogens is 427 g/mol. The van der Waals surface area contributed by atoms with Crippen molar-refractivity contribution in [3.05, 3.63) is 71.9 Å². The standard InChI is InChI=1S/C18H11Cl3N4O3/c19-10-5-3-9(4-6-10)13-14(20)11(2-1-7-22)15(21)17(27)16(13)25-18(28)24-12(26)8-23-25/h3-6,8,27H,1-2H2,(H,24,26,28). The van der Waals surface area contributed by atoms with Crippen molar-refractivity contribution in [3.63, 3.8) is 0 Å². The monoisotopic (exact) mass is 436 g/mol. The van der Waals surface area contributed by atoms with Gasteiger partial charge in [-0.3, -0.25) is 9.78 Å². The maximum Gasteiger partial charge on any atom is 0.349 e. The topological polar surface area (TPSA) is 112 Å². The Labute approximate surface area is 173 Å². The molecule has 3 rings (SSSR count). The lowest BCUT2D eigenvalue weighted by molar-refractivity contribution is 0.468. The molecule has 0 unspecified atom stereocenters. The summed E-state index contributed by atoms with van der Waals surface area (Å²) in [4.78, 5) is 25.7. The van der Waals surface area contributed by atoms with Crippen molar-refractivity contribution >= 4 is 34.8 Å². The van der Waals surface area contributed by atoms with Crippen molar-refractivity contribution in [2.45, 2.75) is 12.8 Å². The zero-order valence-electron chi connectivity index (χ0n) is 14.0. The van der Waals surface area contributed by atoms with E-state index in [0.717, 1.165) is 10.9 Å². The van der Waals surface area contributed by atoms with E-state index < -0.39 is 17.0 Å². The Hall–Kier alpha value is -2.79. The molecule has 1 heterocycles. The quantitative estimate of drug-likeness (QED) is 0.646. The Morgan fingerprint density at radius 3 is 2.43 bits per heavy atom. The first-order valence-corrected chi connectivity index (χ1v) is 9.03. The lowest BCUT2D eigenvalue weighted by atomic mass is 9.97. The van der Waals surface area contributed by atoms with Gasteiger partial charge in [0.2, 0.25) is 0 Å². The number of rotatable bonds is 4. The van der Waals surface area contributed by atoms with Gasteiger partial charge in [0.05, 0.1) is 16.1 Å². The first-order valence-electron chi connectivity index (χ1n) is 7.89. The molecule has 10 heteroatoms. The minimum atomic E-state index is -0.880. The van der Waals surface area contributed by atoms with Gasteiger partial charge >= 0.3 is 5.69 Å². The van der Waals surface area contributed by atoms with Crippen LogP contribution in [0.15, 0.2) is 40.1 Å². The molecule has 142 valence electrons. The third kappa shape index (κ3) is 3.62. The molecule has 0 saturated carbocycles. The summed E-state index contributed by atoms with van der Waals surface area (Å²) < 4.78 is 0.798. The number of phenols is 1. The highest BCUT2D eigenvalue weighted by atomic mass is 35.5. The van der Waals surface area contributed by atoms with Gasteiger partial charge in [0, 0.05) is 17.0 Å². The van der Waals surface area contributed by atoms with Gasteiger partial charge < -0.3 is 5.11 Å². The molecule has 2 N–H and O–H groups in total. The van der Waals surface area contributed by atoms with Crippen molar-refractivity contribution in [3.8, 4) is 28.6 Å². The van der Waals surface area contributed by atoms with Crippen LogP contribution in [0.1, 0.15) is 12.0 Å². The Balaban J connectivity index is 2.43. The smallest absolute Gasteiger partial charge is 0.349 e. The molecule has 2 aromatic carbocycles. The second-order valence-electron chi connectivity index (χ2n) is 5.69. The van der Waals surface area contributed by atoms with Crippen LogP contribution in [-0.2, 0) is 6.42 Å². The summed E-state index contributed by atoms with van der Waals surface area (Å²) in [6, 6.07) is 8.51. The molecule has 1 aromatic heterocycles. The van der Waals surface area contributed by atoms with Crippen LogP contribution in [0, 0.1) is 11.3 Å². The Morgan fingerprint density at radius 1 is 1.14 bits per heavy atom. The molecule has 0 fully saturated rings. The number of benzene rings is 2. The Bertz CT molecular complexity index is 1210. The highest BCUT2D eigenvalue weighted by Crippen LogP contribution is 2.46. The normalized spacial score (nSPS) is 10.6. The molecule has 0 amide bonds. The second kappa shape index (κ2) is 8.07. The molecule has 3 aromatic rings. The van der Waals surface area contributed by atoms with Crippen LogP contribution >= 0.6 is 34.8 Å². The zero-order valence-corrected chi connectivity index (χ0v) is 16.3. The fourth-order valence-corrected chi connectivity index (χ4v) is 3.56. The summed E-state index contributed by atoms with van der Waals surface area (Å²) in [7, 11) is 0. The van der Waals surface area contributed by atoms with Crippen molar-refractivity contribution < 1.29 is 5.11 Å². The summed E-state index contributed by atoms with van der Waals surface area (Å²) in [5.74, 6) is -0.453. The minimum Gasteiger partial charge on any atom is -0.504 e. The van der Waals surface area contributed by atoms with Crippen molar-refractivity contribution in [2.75, 3.05) is 0 Å². The number of aromatic nitrogens is 3. The van der Waals surface area contributed by atoms with Crippen LogP contribution in [-0.4, -0.2) is 19.9 Å². The minimum absolute atomic E-state index is 0.0979. The Morgan fingerprint density at radius 2 is 1.82 bits per heavy atom. The number of hydrogen-bond acceptors (Lipinski definition) is 5. The molecule has 7 nitrogen and oxygen atoms in total. The number of hydrogen-bond donors (Lipinski definition) is 2. The third-order valence-electron chi connectivity index (χ3n) is 3.96. The number of aromatic hydroxyl groups is 1. The molecule has 0 aliphatic heterocycles. The predicted octanol–water partition coefficient (Wildman–Crippen LogP) is 3.71. The van der Waals surface area contributed by atoms with Gasteiger partial charge in [-0.25, -0.2) is 4.79 Å². The van der Waals surface area contributed by atoms with E-state index >= 15 is 0 Å². The maximum absolute atomic E-state index is 12.3. The van der Waals surface area contributed by atoms with E-state index in [9.17, 15) is 14.7 Å². The number of aromatic amines is 1. The SMILES string of the molecule is N#CCCc1c(Cl)c(O)c(-n2ncc(=O)[nH]c2=O)c(-c2ccc(Cl)cc2)c1Cl. The van der Waals surface area contributed by atoms with E-state index in [1.165, 1.54) is 0 Å². The summed E-state index contributed by atoms with van der Waals surface area (Å²) in [5, 5.41) is 24.0. The molecule has 0 saturated heterocycles. The molecule has 28 heavy (non-hydrogen) atoms. The number of phenolic OH excluding ortho intramolecular Hbond substituents is 1. The van der Waals surface area contributed by atoms with E-state index in [-0.39, 0.29) is 34.1 Å². The summed E-state index contributed by atoms with van der Waals surface area (Å²) >= 11 is 18.8. The molecule has 0 bridgehead atoms. The van der Waals surface area contributed by atoms with Gasteiger partial charge in [0.25, 0.3) is 5.56 Å². The van der Waals surface area contributed by atoms with Crippen molar-refractivity contribution in [1.82, 2.24) is 14.8 Å². The van der Waals surface area contributed by atoms with E-state index in [4.69, 9.17) is 40.1 Å². The first-order chi connectivity index (χ1) is 13.3. The molecular formula is C18H11Cl3N4O3. The van der Waals surface area contributed by atoms with Gasteiger partial charge in [-0.2, -0.15) is 15.0 Å². The number of nitriles is 1.